The number of nitrogens with one attached hydrogen (secondary N) is 2. The average molecular weight is 194 g/mol. The Bertz CT molecular complexity index is 289. The number of ketones is 1. The van der Waals surface area contributed by atoms with E-state index in [1.54, 1.807) is 12.3 Å². The zero-order chi connectivity index (χ0) is 9.80. The maximum atomic E-state index is 11.5. The number of carbonyl (C=O) groups excluding carboxylic acids is 1. The SMILES string of the molecule is O=C(CO[C@H]1CCNC1)c1ccc[nH]1. The number of aromatic amines is 1. The molecule has 0 saturated carbocycles. The van der Waals surface area contributed by atoms with Gasteiger partial charge in [0.25, 0.3) is 0 Å². The van der Waals surface area contributed by atoms with Gasteiger partial charge in [-0.05, 0) is 25.1 Å². The first-order valence-electron chi connectivity index (χ1n) is 4.85. The van der Waals surface area contributed by atoms with Gasteiger partial charge in [-0.15, -0.1) is 0 Å². The predicted octanol–water partition coefficient (Wildman–Crippen LogP) is 0.576. The number of aromatic nitrogens is 1. The highest BCUT2D eigenvalue weighted by atomic mass is 16.5. The lowest BCUT2D eigenvalue weighted by Gasteiger charge is -2.08. The molecule has 2 rings (SSSR count). The summed E-state index contributed by atoms with van der Waals surface area (Å²) in [5.41, 5.74) is 0.621. The van der Waals surface area contributed by atoms with Crippen LogP contribution >= 0.6 is 0 Å². The largest absolute Gasteiger partial charge is 0.369 e. The summed E-state index contributed by atoms with van der Waals surface area (Å²) in [6.45, 7) is 2.02. The fraction of sp³-hybridized carbons (Fsp3) is 0.500. The van der Waals surface area contributed by atoms with E-state index in [1.807, 2.05) is 6.07 Å². The zero-order valence-corrected chi connectivity index (χ0v) is 7.95. The molecule has 0 aromatic carbocycles. The van der Waals surface area contributed by atoms with Gasteiger partial charge in [-0.2, -0.15) is 0 Å². The van der Waals surface area contributed by atoms with Crippen molar-refractivity contribution in [1.82, 2.24) is 10.3 Å². The molecule has 0 unspecified atom stereocenters. The summed E-state index contributed by atoms with van der Waals surface area (Å²) in [5, 5.41) is 3.19. The zero-order valence-electron chi connectivity index (χ0n) is 7.95. The summed E-state index contributed by atoms with van der Waals surface area (Å²) < 4.78 is 5.46. The van der Waals surface area contributed by atoms with Gasteiger partial charge in [0.1, 0.15) is 6.61 Å². The van der Waals surface area contributed by atoms with Crippen molar-refractivity contribution in [1.29, 1.82) is 0 Å². The summed E-state index contributed by atoms with van der Waals surface area (Å²) in [6.07, 6.45) is 2.94. The van der Waals surface area contributed by atoms with E-state index in [0.717, 1.165) is 19.5 Å². The number of Topliss-reactive ketones (excluding diaryl/α,β-unsaturated/α-hetero) is 1. The van der Waals surface area contributed by atoms with E-state index in [-0.39, 0.29) is 18.5 Å². The Morgan fingerprint density at radius 1 is 1.64 bits per heavy atom. The van der Waals surface area contributed by atoms with Crippen LogP contribution in [-0.4, -0.2) is 36.6 Å². The third kappa shape index (κ3) is 2.21. The van der Waals surface area contributed by atoms with E-state index in [0.29, 0.717) is 5.69 Å². The average Bonchev–Trinajstić information content (AvgIpc) is 2.87. The van der Waals surface area contributed by atoms with Crippen molar-refractivity contribution in [2.75, 3.05) is 19.7 Å². The quantitative estimate of drug-likeness (QED) is 0.689. The first kappa shape index (κ1) is 9.43. The van der Waals surface area contributed by atoms with Crippen molar-refractivity contribution in [2.24, 2.45) is 0 Å². The summed E-state index contributed by atoms with van der Waals surface area (Å²) in [7, 11) is 0. The second kappa shape index (κ2) is 4.39. The number of hydrogen-bond donors (Lipinski definition) is 2. The fourth-order valence-corrected chi connectivity index (χ4v) is 1.55. The third-order valence-corrected chi connectivity index (χ3v) is 2.36. The van der Waals surface area contributed by atoms with E-state index in [2.05, 4.69) is 10.3 Å². The Morgan fingerprint density at radius 2 is 2.57 bits per heavy atom. The van der Waals surface area contributed by atoms with Gasteiger partial charge in [-0.3, -0.25) is 4.79 Å². The minimum Gasteiger partial charge on any atom is -0.369 e. The molecule has 2 heterocycles. The molecule has 1 aromatic heterocycles. The molecular weight excluding hydrogens is 180 g/mol. The standard InChI is InChI=1S/C10H14N2O2/c13-10(9-2-1-4-12-9)7-14-8-3-5-11-6-8/h1-2,4,8,11-12H,3,5-7H2/t8-/m0/s1. The van der Waals surface area contributed by atoms with E-state index in [9.17, 15) is 4.79 Å². The second-order valence-electron chi connectivity index (χ2n) is 3.43. The van der Waals surface area contributed by atoms with Crippen LogP contribution in [0.4, 0.5) is 0 Å². The number of ether oxygens (including phenoxy) is 1. The van der Waals surface area contributed by atoms with Gasteiger partial charge < -0.3 is 15.0 Å². The second-order valence-corrected chi connectivity index (χ2v) is 3.43. The molecule has 1 aliphatic heterocycles. The summed E-state index contributed by atoms with van der Waals surface area (Å²) in [6, 6.07) is 3.57. The summed E-state index contributed by atoms with van der Waals surface area (Å²) in [5.74, 6) is 0.0156. The van der Waals surface area contributed by atoms with Gasteiger partial charge in [0.2, 0.25) is 5.78 Å². The first-order chi connectivity index (χ1) is 6.86. The van der Waals surface area contributed by atoms with E-state index >= 15 is 0 Å². The molecule has 1 atom stereocenters. The number of hydrogen-bond acceptors (Lipinski definition) is 3. The fourth-order valence-electron chi connectivity index (χ4n) is 1.55. The Morgan fingerprint density at radius 3 is 3.21 bits per heavy atom. The molecule has 0 spiro atoms. The molecule has 0 amide bonds. The van der Waals surface area contributed by atoms with Gasteiger partial charge >= 0.3 is 0 Å². The molecule has 1 aliphatic rings. The molecule has 1 saturated heterocycles. The molecule has 14 heavy (non-hydrogen) atoms. The third-order valence-electron chi connectivity index (χ3n) is 2.36. The number of H-pyrrole nitrogens is 1. The van der Waals surface area contributed by atoms with Crippen LogP contribution in [0.25, 0.3) is 0 Å². The molecule has 1 fully saturated rings. The van der Waals surface area contributed by atoms with Crippen molar-refractivity contribution in [3.05, 3.63) is 24.0 Å². The van der Waals surface area contributed by atoms with Crippen molar-refractivity contribution < 1.29 is 9.53 Å². The van der Waals surface area contributed by atoms with Crippen LogP contribution in [0.3, 0.4) is 0 Å². The maximum Gasteiger partial charge on any atom is 0.204 e. The van der Waals surface area contributed by atoms with Crippen molar-refractivity contribution in [2.45, 2.75) is 12.5 Å². The van der Waals surface area contributed by atoms with Crippen LogP contribution < -0.4 is 5.32 Å². The molecule has 2 N–H and O–H groups in total. The minimum atomic E-state index is 0.0156. The normalized spacial score (nSPS) is 21.3. The van der Waals surface area contributed by atoms with Crippen LogP contribution in [0.5, 0.6) is 0 Å². The van der Waals surface area contributed by atoms with Crippen LogP contribution in [0.15, 0.2) is 18.3 Å². The van der Waals surface area contributed by atoms with Gasteiger partial charge in [0.05, 0.1) is 11.8 Å². The molecule has 0 bridgehead atoms. The molecule has 0 aliphatic carbocycles. The molecule has 1 aromatic rings. The van der Waals surface area contributed by atoms with Gasteiger partial charge in [-0.25, -0.2) is 0 Å². The molecule has 76 valence electrons. The maximum absolute atomic E-state index is 11.5. The van der Waals surface area contributed by atoms with Crippen LogP contribution in [0.2, 0.25) is 0 Å². The Kier molecular flexibility index (Phi) is 2.96. The highest BCUT2D eigenvalue weighted by Gasteiger charge is 2.16. The lowest BCUT2D eigenvalue weighted by molar-refractivity contribution is 0.0526. The number of carbonyl (C=O) groups is 1. The highest BCUT2D eigenvalue weighted by molar-refractivity contribution is 5.95. The van der Waals surface area contributed by atoms with E-state index in [4.69, 9.17) is 4.74 Å². The van der Waals surface area contributed by atoms with Crippen LogP contribution in [0.1, 0.15) is 16.9 Å². The number of rotatable bonds is 4. The van der Waals surface area contributed by atoms with Crippen LogP contribution in [-0.2, 0) is 4.74 Å². The molecule has 4 nitrogen and oxygen atoms in total. The van der Waals surface area contributed by atoms with Gasteiger partial charge in [0.15, 0.2) is 0 Å². The first-order valence-corrected chi connectivity index (χ1v) is 4.85. The lowest BCUT2D eigenvalue weighted by Crippen LogP contribution is -2.21. The summed E-state index contributed by atoms with van der Waals surface area (Å²) in [4.78, 5) is 14.4. The monoisotopic (exact) mass is 194 g/mol. The Labute approximate surface area is 82.6 Å². The van der Waals surface area contributed by atoms with Gasteiger partial charge in [-0.1, -0.05) is 0 Å². The predicted molar refractivity (Wildman–Crippen MR) is 52.3 cm³/mol. The lowest BCUT2D eigenvalue weighted by atomic mass is 10.3. The molecule has 4 heteroatoms. The highest BCUT2D eigenvalue weighted by Crippen LogP contribution is 2.04. The molecule has 0 radical (unpaired) electrons. The van der Waals surface area contributed by atoms with Crippen molar-refractivity contribution >= 4 is 5.78 Å². The Balaban J connectivity index is 1.78. The van der Waals surface area contributed by atoms with E-state index < -0.39 is 0 Å². The Hall–Kier alpha value is -1.13. The van der Waals surface area contributed by atoms with Gasteiger partial charge in [0, 0.05) is 12.7 Å². The van der Waals surface area contributed by atoms with E-state index in [1.165, 1.54) is 0 Å². The smallest absolute Gasteiger partial charge is 0.204 e. The topological polar surface area (TPSA) is 54.1 Å². The van der Waals surface area contributed by atoms with Crippen LogP contribution in [0, 0.1) is 0 Å². The molecular formula is C10H14N2O2. The van der Waals surface area contributed by atoms with Crippen molar-refractivity contribution in [3.63, 3.8) is 0 Å². The summed E-state index contributed by atoms with van der Waals surface area (Å²) >= 11 is 0. The van der Waals surface area contributed by atoms with Crippen molar-refractivity contribution in [3.8, 4) is 0 Å². The minimum absolute atomic E-state index is 0.0156.